The second-order valence-corrected chi connectivity index (χ2v) is 7.64. The van der Waals surface area contributed by atoms with Crippen molar-refractivity contribution in [3.8, 4) is 0 Å². The maximum absolute atomic E-state index is 13.1. The number of aromatic nitrogens is 4. The number of rotatable bonds is 3. The number of hydrogen-bond acceptors (Lipinski definition) is 3. The van der Waals surface area contributed by atoms with Crippen LogP contribution < -0.4 is 0 Å². The molecule has 3 aromatic heterocycles. The Balaban J connectivity index is 1.43. The third kappa shape index (κ3) is 2.76. The molecule has 0 unspecified atom stereocenters. The van der Waals surface area contributed by atoms with Gasteiger partial charge in [0.1, 0.15) is 17.0 Å². The number of nitrogens with one attached hydrogen (secondary N) is 1. The maximum Gasteiger partial charge on any atom is 0.270 e. The number of halogens is 1. The number of imidazole rings is 1. The lowest BCUT2D eigenvalue weighted by Gasteiger charge is -2.18. The number of aromatic amines is 1. The Morgan fingerprint density at radius 3 is 3.07 bits per heavy atom. The highest BCUT2D eigenvalue weighted by Gasteiger charge is 2.31. The van der Waals surface area contributed by atoms with Gasteiger partial charge >= 0.3 is 0 Å². The zero-order chi connectivity index (χ0) is 19.3. The van der Waals surface area contributed by atoms with E-state index in [0.29, 0.717) is 17.3 Å². The lowest BCUT2D eigenvalue weighted by molar-refractivity contribution is 0.0783. The van der Waals surface area contributed by atoms with Crippen LogP contribution in [0.25, 0.3) is 22.1 Å². The second-order valence-electron chi connectivity index (χ2n) is 7.21. The van der Waals surface area contributed by atoms with E-state index < -0.39 is 0 Å². The van der Waals surface area contributed by atoms with Gasteiger partial charge in [-0.25, -0.2) is 9.97 Å². The quantitative estimate of drug-likeness (QED) is 0.566. The number of hydrogen-bond donors (Lipinski definition) is 1. The van der Waals surface area contributed by atoms with Crippen LogP contribution in [0.5, 0.6) is 0 Å². The highest BCUT2D eigenvalue weighted by Crippen LogP contribution is 2.29. The van der Waals surface area contributed by atoms with Gasteiger partial charge in [-0.1, -0.05) is 18.5 Å². The van der Waals surface area contributed by atoms with Crippen LogP contribution >= 0.6 is 11.6 Å². The van der Waals surface area contributed by atoms with Gasteiger partial charge in [-0.2, -0.15) is 0 Å². The van der Waals surface area contributed by atoms with Gasteiger partial charge in [0.25, 0.3) is 5.91 Å². The monoisotopic (exact) mass is 393 g/mol. The number of carbonyl (C=O) groups is 1. The summed E-state index contributed by atoms with van der Waals surface area (Å²) in [5, 5.41) is 1.61. The number of likely N-dealkylation sites (tertiary alicyclic amines) is 1. The zero-order valence-corrected chi connectivity index (χ0v) is 16.3. The first-order valence-electron chi connectivity index (χ1n) is 9.53. The van der Waals surface area contributed by atoms with Crippen molar-refractivity contribution >= 4 is 39.6 Å². The van der Waals surface area contributed by atoms with E-state index in [1.54, 1.807) is 6.20 Å². The van der Waals surface area contributed by atoms with Crippen LogP contribution in [0.1, 0.15) is 35.7 Å². The molecule has 28 heavy (non-hydrogen) atoms. The number of nitrogens with zero attached hydrogens (tertiary/aromatic N) is 4. The van der Waals surface area contributed by atoms with Gasteiger partial charge in [-0.05, 0) is 42.8 Å². The molecule has 5 rings (SSSR count). The predicted octanol–water partition coefficient (Wildman–Crippen LogP) is 4.22. The topological polar surface area (TPSA) is 66.8 Å². The predicted molar refractivity (Wildman–Crippen MR) is 110 cm³/mol. The molecule has 0 radical (unpaired) electrons. The summed E-state index contributed by atoms with van der Waals surface area (Å²) < 4.78 is 2.22. The highest BCUT2D eigenvalue weighted by atomic mass is 35.5. The summed E-state index contributed by atoms with van der Waals surface area (Å²) >= 11 is 6.06. The molecule has 7 heteroatoms. The fraction of sp³-hybridized carbons (Fsp3) is 0.286. The number of aryl methyl sites for hydroxylation is 1. The molecule has 1 N–H and O–H groups in total. The molecule has 1 atom stereocenters. The van der Waals surface area contributed by atoms with E-state index in [0.717, 1.165) is 47.3 Å². The molecule has 0 aliphatic carbocycles. The molecule has 6 nitrogen and oxygen atoms in total. The molecule has 1 fully saturated rings. The minimum absolute atomic E-state index is 0.0188. The van der Waals surface area contributed by atoms with Crippen molar-refractivity contribution in [1.29, 1.82) is 0 Å². The maximum atomic E-state index is 13.1. The molecular weight excluding hydrogens is 374 g/mol. The molecule has 0 saturated carbocycles. The largest absolute Gasteiger partial charge is 0.351 e. The molecule has 1 amide bonds. The Labute approximate surface area is 167 Å². The summed E-state index contributed by atoms with van der Waals surface area (Å²) in [4.78, 5) is 27.4. The lowest BCUT2D eigenvalue weighted by atomic mass is 10.2. The van der Waals surface area contributed by atoms with Gasteiger partial charge in [-0.15, -0.1) is 0 Å². The molecule has 4 aromatic rings. The normalized spacial score (nSPS) is 17.1. The second kappa shape index (κ2) is 6.63. The van der Waals surface area contributed by atoms with Crippen LogP contribution in [-0.4, -0.2) is 43.4 Å². The van der Waals surface area contributed by atoms with Crippen molar-refractivity contribution in [3.63, 3.8) is 0 Å². The summed E-state index contributed by atoms with van der Waals surface area (Å²) in [7, 11) is 0. The van der Waals surface area contributed by atoms with Crippen LogP contribution in [-0.2, 0) is 6.42 Å². The van der Waals surface area contributed by atoms with Crippen LogP contribution in [0.3, 0.4) is 0 Å². The smallest absolute Gasteiger partial charge is 0.270 e. The van der Waals surface area contributed by atoms with Gasteiger partial charge in [0.2, 0.25) is 0 Å². The van der Waals surface area contributed by atoms with E-state index in [9.17, 15) is 4.79 Å². The first kappa shape index (κ1) is 17.3. The lowest BCUT2D eigenvalue weighted by Crippen LogP contribution is -2.29. The standard InChI is InChI=1S/C21H20ClN5O/c1-2-19-25-17-4-3-8-23-20(17)27(19)15-7-9-26(12-15)21(28)18-11-13-10-14(22)5-6-16(13)24-18/h3-6,8,10-11,15,24H,2,7,9,12H2,1H3/t15-/m0/s1. The molecule has 0 spiro atoms. The number of pyridine rings is 1. The molecule has 0 bridgehead atoms. The van der Waals surface area contributed by atoms with E-state index in [2.05, 4.69) is 21.5 Å². The van der Waals surface area contributed by atoms with Crippen LogP contribution in [0, 0.1) is 0 Å². The van der Waals surface area contributed by atoms with Gasteiger partial charge in [-0.3, -0.25) is 4.79 Å². The van der Waals surface area contributed by atoms with Gasteiger partial charge < -0.3 is 14.5 Å². The Morgan fingerprint density at radius 2 is 2.21 bits per heavy atom. The average Bonchev–Trinajstić information content (AvgIpc) is 3.42. The molecule has 1 aliphatic rings. The number of amides is 1. The van der Waals surface area contributed by atoms with Crippen molar-refractivity contribution < 1.29 is 4.79 Å². The molecule has 1 aliphatic heterocycles. The SMILES string of the molecule is CCc1nc2cccnc2n1[C@H]1CCN(C(=O)c2cc3cc(Cl)ccc3[nH]2)C1. The van der Waals surface area contributed by atoms with E-state index in [1.807, 2.05) is 41.3 Å². The van der Waals surface area contributed by atoms with Crippen molar-refractivity contribution in [2.24, 2.45) is 0 Å². The zero-order valence-electron chi connectivity index (χ0n) is 15.5. The van der Waals surface area contributed by atoms with Crippen molar-refractivity contribution in [3.05, 3.63) is 59.1 Å². The van der Waals surface area contributed by atoms with E-state index in [1.165, 1.54) is 0 Å². The Kier molecular flexibility index (Phi) is 4.09. The summed E-state index contributed by atoms with van der Waals surface area (Å²) in [5.41, 5.74) is 3.33. The summed E-state index contributed by atoms with van der Waals surface area (Å²) in [5.74, 6) is 1.04. The molecule has 1 aromatic carbocycles. The van der Waals surface area contributed by atoms with Crippen molar-refractivity contribution in [2.45, 2.75) is 25.8 Å². The molecule has 142 valence electrons. The van der Waals surface area contributed by atoms with Gasteiger partial charge in [0, 0.05) is 41.6 Å². The Bertz CT molecular complexity index is 1190. The summed E-state index contributed by atoms with van der Waals surface area (Å²) in [6.07, 6.45) is 3.53. The molecule has 4 heterocycles. The summed E-state index contributed by atoms with van der Waals surface area (Å²) in [6, 6.07) is 11.6. The number of H-pyrrole nitrogens is 1. The molecule has 1 saturated heterocycles. The average molecular weight is 394 g/mol. The van der Waals surface area contributed by atoms with Gasteiger partial charge in [0.05, 0.1) is 6.04 Å². The van der Waals surface area contributed by atoms with Crippen LogP contribution in [0.4, 0.5) is 0 Å². The van der Waals surface area contributed by atoms with Crippen molar-refractivity contribution in [2.75, 3.05) is 13.1 Å². The van der Waals surface area contributed by atoms with E-state index in [-0.39, 0.29) is 11.9 Å². The minimum Gasteiger partial charge on any atom is -0.351 e. The minimum atomic E-state index is 0.0188. The number of carbonyl (C=O) groups excluding carboxylic acids is 1. The summed E-state index contributed by atoms with van der Waals surface area (Å²) in [6.45, 7) is 3.48. The number of fused-ring (bicyclic) bond motifs is 2. The van der Waals surface area contributed by atoms with E-state index >= 15 is 0 Å². The van der Waals surface area contributed by atoms with Crippen LogP contribution in [0.15, 0.2) is 42.6 Å². The Morgan fingerprint density at radius 1 is 1.32 bits per heavy atom. The fourth-order valence-corrected chi connectivity index (χ4v) is 4.32. The van der Waals surface area contributed by atoms with Crippen molar-refractivity contribution in [1.82, 2.24) is 24.4 Å². The Hall–Kier alpha value is -2.86. The highest BCUT2D eigenvalue weighted by molar-refractivity contribution is 6.31. The molecular formula is C21H20ClN5O. The first-order valence-corrected chi connectivity index (χ1v) is 9.91. The van der Waals surface area contributed by atoms with Crippen LogP contribution in [0.2, 0.25) is 5.02 Å². The fourth-order valence-electron chi connectivity index (χ4n) is 4.14. The first-order chi connectivity index (χ1) is 13.6. The number of benzene rings is 1. The van der Waals surface area contributed by atoms with Gasteiger partial charge in [0.15, 0.2) is 5.65 Å². The third-order valence-electron chi connectivity index (χ3n) is 5.47. The van der Waals surface area contributed by atoms with E-state index in [4.69, 9.17) is 16.6 Å². The third-order valence-corrected chi connectivity index (χ3v) is 5.70.